The second kappa shape index (κ2) is 9.42. The van der Waals surface area contributed by atoms with Crippen molar-refractivity contribution in [2.75, 3.05) is 33.7 Å². The number of piperidine rings is 1. The van der Waals surface area contributed by atoms with Gasteiger partial charge in [-0.25, -0.2) is 0 Å². The van der Waals surface area contributed by atoms with E-state index >= 15 is 0 Å². The van der Waals surface area contributed by atoms with Crippen LogP contribution in [0, 0.1) is 5.92 Å². The molecule has 1 atom stereocenters. The van der Waals surface area contributed by atoms with Crippen molar-refractivity contribution in [3.63, 3.8) is 0 Å². The van der Waals surface area contributed by atoms with E-state index in [0.717, 1.165) is 44.3 Å². The van der Waals surface area contributed by atoms with Crippen LogP contribution in [0.5, 0.6) is 0 Å². The Morgan fingerprint density at radius 3 is 2.28 bits per heavy atom. The summed E-state index contributed by atoms with van der Waals surface area (Å²) in [7, 11) is 3.46. The summed E-state index contributed by atoms with van der Waals surface area (Å²) < 4.78 is 0. The molecule has 2 aliphatic rings. The molecular formula is C23H33N3O3. The van der Waals surface area contributed by atoms with Crippen molar-refractivity contribution in [2.24, 2.45) is 5.92 Å². The molecule has 158 valence electrons. The standard InChI is InChI=1S/C23H33N3O3/c1-17-12-15-25(16-13-17)23(29)20-5-4-14-26(20)21(27)11-8-18-6-9-19(10-7-18)22(28)24(2)3/h6-7,9-10,17,20H,4-5,8,11-16H2,1-3H3/t20-/m0/s1. The average Bonchev–Trinajstić information content (AvgIpc) is 3.22. The van der Waals surface area contributed by atoms with E-state index in [-0.39, 0.29) is 23.8 Å². The number of rotatable bonds is 5. The molecule has 0 bridgehead atoms. The maximum absolute atomic E-state index is 12.9. The average molecular weight is 400 g/mol. The third-order valence-corrected chi connectivity index (χ3v) is 6.19. The van der Waals surface area contributed by atoms with E-state index in [1.165, 1.54) is 0 Å². The minimum atomic E-state index is -0.281. The number of aryl methyl sites for hydroxylation is 1. The van der Waals surface area contributed by atoms with Gasteiger partial charge in [-0.2, -0.15) is 0 Å². The van der Waals surface area contributed by atoms with Gasteiger partial charge >= 0.3 is 0 Å². The molecule has 0 spiro atoms. The van der Waals surface area contributed by atoms with Gasteiger partial charge in [0.2, 0.25) is 11.8 Å². The van der Waals surface area contributed by atoms with Gasteiger partial charge in [-0.3, -0.25) is 14.4 Å². The smallest absolute Gasteiger partial charge is 0.253 e. The molecular weight excluding hydrogens is 366 g/mol. The highest BCUT2D eigenvalue weighted by Crippen LogP contribution is 2.24. The van der Waals surface area contributed by atoms with Gasteiger partial charge in [-0.15, -0.1) is 0 Å². The minimum absolute atomic E-state index is 0.0295. The molecule has 1 aromatic rings. The van der Waals surface area contributed by atoms with E-state index in [1.54, 1.807) is 23.9 Å². The van der Waals surface area contributed by atoms with Gasteiger partial charge in [-0.05, 0) is 55.7 Å². The van der Waals surface area contributed by atoms with Gasteiger partial charge in [-0.1, -0.05) is 19.1 Å². The van der Waals surface area contributed by atoms with E-state index in [9.17, 15) is 14.4 Å². The molecule has 29 heavy (non-hydrogen) atoms. The molecule has 0 saturated carbocycles. The Morgan fingerprint density at radius 2 is 1.66 bits per heavy atom. The van der Waals surface area contributed by atoms with Crippen LogP contribution in [0.2, 0.25) is 0 Å². The van der Waals surface area contributed by atoms with Crippen LogP contribution >= 0.6 is 0 Å². The molecule has 3 rings (SSSR count). The zero-order chi connectivity index (χ0) is 21.0. The highest BCUT2D eigenvalue weighted by atomic mass is 16.2. The van der Waals surface area contributed by atoms with Crippen LogP contribution in [0.4, 0.5) is 0 Å². The normalized spacial score (nSPS) is 20.0. The summed E-state index contributed by atoms with van der Waals surface area (Å²) in [6, 6.07) is 7.15. The molecule has 1 aromatic carbocycles. The second-order valence-corrected chi connectivity index (χ2v) is 8.65. The van der Waals surface area contributed by atoms with Crippen LogP contribution in [0.1, 0.15) is 54.9 Å². The fraction of sp³-hybridized carbons (Fsp3) is 0.609. The maximum atomic E-state index is 12.9. The Labute approximate surface area is 173 Å². The van der Waals surface area contributed by atoms with Crippen molar-refractivity contribution in [1.82, 2.24) is 14.7 Å². The molecule has 0 aliphatic carbocycles. The summed E-state index contributed by atoms with van der Waals surface area (Å²) in [5, 5.41) is 0. The summed E-state index contributed by atoms with van der Waals surface area (Å²) >= 11 is 0. The van der Waals surface area contributed by atoms with E-state index in [4.69, 9.17) is 0 Å². The largest absolute Gasteiger partial charge is 0.345 e. The molecule has 2 fully saturated rings. The predicted octanol–water partition coefficient (Wildman–Crippen LogP) is 2.57. The van der Waals surface area contributed by atoms with Gasteiger partial charge in [0.15, 0.2) is 0 Å². The highest BCUT2D eigenvalue weighted by Gasteiger charge is 2.36. The van der Waals surface area contributed by atoms with Gasteiger partial charge in [0.1, 0.15) is 6.04 Å². The van der Waals surface area contributed by atoms with Gasteiger partial charge in [0, 0.05) is 45.7 Å². The molecule has 6 heteroatoms. The van der Waals surface area contributed by atoms with Crippen molar-refractivity contribution < 1.29 is 14.4 Å². The maximum Gasteiger partial charge on any atom is 0.253 e. The number of hydrogen-bond acceptors (Lipinski definition) is 3. The molecule has 0 aromatic heterocycles. The van der Waals surface area contributed by atoms with Crippen molar-refractivity contribution in [1.29, 1.82) is 0 Å². The van der Waals surface area contributed by atoms with E-state index in [1.807, 2.05) is 29.2 Å². The lowest BCUT2D eigenvalue weighted by atomic mass is 9.98. The Hall–Kier alpha value is -2.37. The number of likely N-dealkylation sites (tertiary alicyclic amines) is 2. The monoisotopic (exact) mass is 399 g/mol. The van der Waals surface area contributed by atoms with E-state index in [0.29, 0.717) is 30.9 Å². The first-order valence-electron chi connectivity index (χ1n) is 10.8. The second-order valence-electron chi connectivity index (χ2n) is 8.65. The third kappa shape index (κ3) is 5.17. The first-order valence-corrected chi connectivity index (χ1v) is 10.8. The molecule has 0 unspecified atom stereocenters. The number of carbonyl (C=O) groups excluding carboxylic acids is 3. The molecule has 2 aliphatic heterocycles. The van der Waals surface area contributed by atoms with Crippen LogP contribution in [-0.4, -0.2) is 72.2 Å². The predicted molar refractivity (Wildman–Crippen MR) is 112 cm³/mol. The molecule has 2 heterocycles. The Kier molecular flexibility index (Phi) is 6.93. The summed E-state index contributed by atoms with van der Waals surface area (Å²) in [4.78, 5) is 43.0. The quantitative estimate of drug-likeness (QED) is 0.765. The number of hydrogen-bond donors (Lipinski definition) is 0. The van der Waals surface area contributed by atoms with Gasteiger partial charge < -0.3 is 14.7 Å². The van der Waals surface area contributed by atoms with Crippen LogP contribution in [0.3, 0.4) is 0 Å². The van der Waals surface area contributed by atoms with Crippen molar-refractivity contribution in [3.05, 3.63) is 35.4 Å². The van der Waals surface area contributed by atoms with Crippen molar-refractivity contribution in [3.8, 4) is 0 Å². The summed E-state index contributed by atoms with van der Waals surface area (Å²) in [5.74, 6) is 0.840. The zero-order valence-electron chi connectivity index (χ0n) is 17.9. The van der Waals surface area contributed by atoms with E-state index in [2.05, 4.69) is 6.92 Å². The zero-order valence-corrected chi connectivity index (χ0v) is 17.9. The lowest BCUT2D eigenvalue weighted by Gasteiger charge is -2.34. The highest BCUT2D eigenvalue weighted by molar-refractivity contribution is 5.94. The first-order chi connectivity index (χ1) is 13.9. The lowest BCUT2D eigenvalue weighted by Crippen LogP contribution is -2.49. The first kappa shape index (κ1) is 21.3. The summed E-state index contributed by atoms with van der Waals surface area (Å²) in [5.41, 5.74) is 1.67. The number of nitrogens with zero attached hydrogens (tertiary/aromatic N) is 3. The third-order valence-electron chi connectivity index (χ3n) is 6.19. The lowest BCUT2D eigenvalue weighted by molar-refractivity contribution is -0.144. The van der Waals surface area contributed by atoms with E-state index < -0.39 is 0 Å². The Balaban J connectivity index is 1.54. The number of benzene rings is 1. The Bertz CT molecular complexity index is 736. The molecule has 2 saturated heterocycles. The summed E-state index contributed by atoms with van der Waals surface area (Å²) in [6.07, 6.45) is 4.79. The van der Waals surface area contributed by atoms with Crippen LogP contribution in [0.15, 0.2) is 24.3 Å². The van der Waals surface area contributed by atoms with Gasteiger partial charge in [0.25, 0.3) is 5.91 Å². The molecule has 0 radical (unpaired) electrons. The SMILES string of the molecule is CC1CCN(C(=O)[C@@H]2CCCN2C(=O)CCc2ccc(C(=O)N(C)C)cc2)CC1. The fourth-order valence-corrected chi connectivity index (χ4v) is 4.23. The van der Waals surface area contributed by atoms with Crippen LogP contribution in [-0.2, 0) is 16.0 Å². The fourth-order valence-electron chi connectivity index (χ4n) is 4.23. The van der Waals surface area contributed by atoms with Crippen molar-refractivity contribution >= 4 is 17.7 Å². The number of amides is 3. The molecule has 0 N–H and O–H groups in total. The van der Waals surface area contributed by atoms with Crippen LogP contribution in [0.25, 0.3) is 0 Å². The van der Waals surface area contributed by atoms with Crippen molar-refractivity contribution in [2.45, 2.75) is 51.5 Å². The number of carbonyl (C=O) groups is 3. The summed E-state index contributed by atoms with van der Waals surface area (Å²) in [6.45, 7) is 4.54. The Morgan fingerprint density at radius 1 is 1.00 bits per heavy atom. The molecule has 3 amide bonds. The van der Waals surface area contributed by atoms with Crippen LogP contribution < -0.4 is 0 Å². The molecule has 6 nitrogen and oxygen atoms in total. The topological polar surface area (TPSA) is 60.9 Å². The minimum Gasteiger partial charge on any atom is -0.345 e. The van der Waals surface area contributed by atoms with Gasteiger partial charge in [0.05, 0.1) is 0 Å².